The van der Waals surface area contributed by atoms with Gasteiger partial charge in [0.2, 0.25) is 0 Å². The first-order chi connectivity index (χ1) is 12.5. The highest BCUT2D eigenvalue weighted by Gasteiger charge is 2.22. The van der Waals surface area contributed by atoms with Gasteiger partial charge >= 0.3 is 0 Å². The van der Waals surface area contributed by atoms with Crippen molar-refractivity contribution < 1.29 is 4.79 Å². The molecule has 2 nitrogen and oxygen atoms in total. The number of halogens is 1. The minimum atomic E-state index is 0.197. The summed E-state index contributed by atoms with van der Waals surface area (Å²) >= 11 is 3.47. The van der Waals surface area contributed by atoms with Crippen LogP contribution < -0.4 is 0 Å². The van der Waals surface area contributed by atoms with E-state index in [-0.39, 0.29) is 5.91 Å². The molecule has 0 bridgehead atoms. The molecule has 0 radical (unpaired) electrons. The van der Waals surface area contributed by atoms with Crippen LogP contribution in [0.25, 0.3) is 0 Å². The summed E-state index contributed by atoms with van der Waals surface area (Å²) in [4.78, 5) is 15.4. The monoisotopic (exact) mass is 423 g/mol. The maximum Gasteiger partial charge on any atom is 0.253 e. The van der Waals surface area contributed by atoms with Crippen LogP contribution in [-0.2, 0) is 0 Å². The van der Waals surface area contributed by atoms with Gasteiger partial charge in [0.1, 0.15) is 0 Å². The molecule has 1 aromatic rings. The highest BCUT2D eigenvalue weighted by molar-refractivity contribution is 9.10. The molecule has 1 aromatic carbocycles. The van der Waals surface area contributed by atoms with Crippen molar-refractivity contribution in [3.8, 4) is 0 Å². The molecule has 2 atom stereocenters. The first-order valence-electron chi connectivity index (χ1n) is 10.6. The van der Waals surface area contributed by atoms with E-state index in [1.54, 1.807) is 0 Å². The van der Waals surface area contributed by atoms with E-state index >= 15 is 0 Å². The maximum atomic E-state index is 13.2. The molecule has 0 saturated heterocycles. The Balaban J connectivity index is 2.91. The van der Waals surface area contributed by atoms with Crippen LogP contribution in [0.3, 0.4) is 0 Å². The Labute approximate surface area is 169 Å². The molecular formula is C23H38BrNO. The minimum Gasteiger partial charge on any atom is -0.338 e. The Morgan fingerprint density at radius 3 is 1.73 bits per heavy atom. The molecule has 0 aromatic heterocycles. The van der Waals surface area contributed by atoms with E-state index in [1.165, 1.54) is 38.5 Å². The fourth-order valence-electron chi connectivity index (χ4n) is 3.47. The number of amides is 1. The smallest absolute Gasteiger partial charge is 0.253 e. The number of nitrogens with zero attached hydrogens (tertiary/aromatic N) is 1. The zero-order valence-electron chi connectivity index (χ0n) is 17.3. The Hall–Kier alpha value is -0.830. The van der Waals surface area contributed by atoms with Gasteiger partial charge in [-0.05, 0) is 48.9 Å². The van der Waals surface area contributed by atoms with Crippen molar-refractivity contribution >= 4 is 21.8 Å². The molecule has 0 aliphatic carbocycles. The van der Waals surface area contributed by atoms with Crippen molar-refractivity contribution in [1.82, 2.24) is 4.90 Å². The summed E-state index contributed by atoms with van der Waals surface area (Å²) in [6.07, 6.45) is 9.71. The summed E-state index contributed by atoms with van der Waals surface area (Å²) in [7, 11) is 0. The molecule has 0 heterocycles. The Morgan fingerprint density at radius 1 is 0.885 bits per heavy atom. The van der Waals surface area contributed by atoms with Crippen LogP contribution in [0.5, 0.6) is 0 Å². The SMILES string of the molecule is CCCCC(CC)CN(CC(CC)CCCC)C(=O)c1ccc(Br)cc1. The summed E-state index contributed by atoms with van der Waals surface area (Å²) < 4.78 is 1.02. The molecule has 1 rings (SSSR count). The number of unbranched alkanes of at least 4 members (excludes halogenated alkanes) is 2. The summed E-state index contributed by atoms with van der Waals surface area (Å²) in [6.45, 7) is 10.8. The van der Waals surface area contributed by atoms with Gasteiger partial charge in [-0.15, -0.1) is 0 Å². The van der Waals surface area contributed by atoms with Crippen molar-refractivity contribution in [3.63, 3.8) is 0 Å². The summed E-state index contributed by atoms with van der Waals surface area (Å²) in [6, 6.07) is 7.82. The number of carbonyl (C=O) groups excluding carboxylic acids is 1. The molecule has 0 saturated carbocycles. The lowest BCUT2D eigenvalue weighted by atomic mass is 9.95. The van der Waals surface area contributed by atoms with Crippen LogP contribution in [0, 0.1) is 11.8 Å². The standard InChI is InChI=1S/C23H38BrNO/c1-5-9-11-19(7-3)17-25(18-20(8-4)12-10-6-2)23(26)21-13-15-22(24)16-14-21/h13-16,19-20H,5-12,17-18H2,1-4H3. The van der Waals surface area contributed by atoms with Gasteiger partial charge in [-0.25, -0.2) is 0 Å². The van der Waals surface area contributed by atoms with E-state index in [2.05, 4.69) is 48.5 Å². The van der Waals surface area contributed by atoms with E-state index in [0.29, 0.717) is 11.8 Å². The van der Waals surface area contributed by atoms with Gasteiger partial charge in [0.05, 0.1) is 0 Å². The molecule has 3 heteroatoms. The van der Waals surface area contributed by atoms with Crippen molar-refractivity contribution in [3.05, 3.63) is 34.3 Å². The minimum absolute atomic E-state index is 0.197. The molecule has 0 aliphatic rings. The lowest BCUT2D eigenvalue weighted by molar-refractivity contribution is 0.0685. The molecule has 26 heavy (non-hydrogen) atoms. The van der Waals surface area contributed by atoms with Crippen LogP contribution >= 0.6 is 15.9 Å². The van der Waals surface area contributed by atoms with E-state index in [4.69, 9.17) is 0 Å². The third-order valence-corrected chi connectivity index (χ3v) is 5.95. The van der Waals surface area contributed by atoms with E-state index < -0.39 is 0 Å². The maximum absolute atomic E-state index is 13.2. The predicted octanol–water partition coefficient (Wildman–Crippen LogP) is 7.32. The van der Waals surface area contributed by atoms with Gasteiger partial charge in [0, 0.05) is 23.1 Å². The molecule has 2 unspecified atom stereocenters. The normalized spacial score (nSPS) is 13.4. The highest BCUT2D eigenvalue weighted by Crippen LogP contribution is 2.21. The Morgan fingerprint density at radius 2 is 1.35 bits per heavy atom. The lowest BCUT2D eigenvalue weighted by Crippen LogP contribution is -2.39. The fourth-order valence-corrected chi connectivity index (χ4v) is 3.74. The predicted molar refractivity (Wildman–Crippen MR) is 117 cm³/mol. The number of benzene rings is 1. The van der Waals surface area contributed by atoms with Crippen LogP contribution in [-0.4, -0.2) is 23.9 Å². The highest BCUT2D eigenvalue weighted by atomic mass is 79.9. The quantitative estimate of drug-likeness (QED) is 0.325. The zero-order chi connectivity index (χ0) is 19.4. The Kier molecular flexibility index (Phi) is 11.9. The van der Waals surface area contributed by atoms with Gasteiger partial charge in [0.25, 0.3) is 5.91 Å². The molecular weight excluding hydrogens is 386 g/mol. The molecule has 0 fully saturated rings. The molecule has 148 valence electrons. The van der Waals surface area contributed by atoms with E-state index in [1.807, 2.05) is 24.3 Å². The molecule has 0 spiro atoms. The topological polar surface area (TPSA) is 20.3 Å². The van der Waals surface area contributed by atoms with Gasteiger partial charge in [0.15, 0.2) is 0 Å². The fraction of sp³-hybridized carbons (Fsp3) is 0.696. The van der Waals surface area contributed by atoms with Gasteiger partial charge in [-0.1, -0.05) is 82.1 Å². The first-order valence-corrected chi connectivity index (χ1v) is 11.4. The average Bonchev–Trinajstić information content (AvgIpc) is 2.66. The average molecular weight is 424 g/mol. The molecule has 0 N–H and O–H groups in total. The van der Waals surface area contributed by atoms with Gasteiger partial charge in [-0.2, -0.15) is 0 Å². The van der Waals surface area contributed by atoms with Crippen LogP contribution in [0.15, 0.2) is 28.7 Å². The lowest BCUT2D eigenvalue weighted by Gasteiger charge is -2.31. The van der Waals surface area contributed by atoms with E-state index in [0.717, 1.165) is 36.0 Å². The van der Waals surface area contributed by atoms with Crippen LogP contribution in [0.4, 0.5) is 0 Å². The third kappa shape index (κ3) is 8.24. The van der Waals surface area contributed by atoms with Crippen molar-refractivity contribution in [2.45, 2.75) is 79.1 Å². The zero-order valence-corrected chi connectivity index (χ0v) is 18.9. The number of carbonyl (C=O) groups is 1. The Bertz CT molecular complexity index is 481. The first kappa shape index (κ1) is 23.2. The third-order valence-electron chi connectivity index (χ3n) is 5.42. The second-order valence-corrected chi connectivity index (χ2v) is 8.47. The van der Waals surface area contributed by atoms with Gasteiger partial charge < -0.3 is 4.90 Å². The second-order valence-electron chi connectivity index (χ2n) is 7.55. The van der Waals surface area contributed by atoms with Crippen molar-refractivity contribution in [1.29, 1.82) is 0 Å². The van der Waals surface area contributed by atoms with Crippen molar-refractivity contribution in [2.24, 2.45) is 11.8 Å². The summed E-state index contributed by atoms with van der Waals surface area (Å²) in [5.41, 5.74) is 0.809. The molecule has 0 aliphatic heterocycles. The summed E-state index contributed by atoms with van der Waals surface area (Å²) in [5.74, 6) is 1.42. The molecule has 1 amide bonds. The number of hydrogen-bond acceptors (Lipinski definition) is 1. The van der Waals surface area contributed by atoms with E-state index in [9.17, 15) is 4.79 Å². The van der Waals surface area contributed by atoms with Crippen LogP contribution in [0.2, 0.25) is 0 Å². The largest absolute Gasteiger partial charge is 0.338 e. The van der Waals surface area contributed by atoms with Crippen LogP contribution in [0.1, 0.15) is 89.4 Å². The number of hydrogen-bond donors (Lipinski definition) is 0. The number of rotatable bonds is 13. The second kappa shape index (κ2) is 13.4. The summed E-state index contributed by atoms with van der Waals surface area (Å²) in [5, 5.41) is 0. The van der Waals surface area contributed by atoms with Gasteiger partial charge in [-0.3, -0.25) is 4.79 Å². The van der Waals surface area contributed by atoms with Crippen molar-refractivity contribution in [2.75, 3.05) is 13.1 Å².